The van der Waals surface area contributed by atoms with Gasteiger partial charge in [0.05, 0.1) is 15.8 Å². The van der Waals surface area contributed by atoms with Gasteiger partial charge in [-0.05, 0) is 44.5 Å². The highest BCUT2D eigenvalue weighted by Gasteiger charge is 2.36. The Morgan fingerprint density at radius 1 is 1.27 bits per heavy atom. The molecule has 1 heterocycles. The van der Waals surface area contributed by atoms with E-state index in [0.717, 1.165) is 34.9 Å². The Kier molecular flexibility index (Phi) is 5.46. The van der Waals surface area contributed by atoms with Crippen molar-refractivity contribution >= 4 is 50.2 Å². The van der Waals surface area contributed by atoms with Crippen LogP contribution in [0.25, 0.3) is 10.2 Å². The first kappa shape index (κ1) is 21.6. The standard InChI is InChI=1S/C20H20F3N5OS/c1-10-5-4-6-11(7-10)28-19(2,3)17(29)27-18-26-15-13(20(21,22)23)8-14(25)12(9-24)16(15)30-18/h4-9,24,28H,25H2,1-3H3,(H,26,27,29). The van der Waals surface area contributed by atoms with Crippen LogP contribution in [0, 0.1) is 12.3 Å². The normalized spacial score (nSPS) is 12.1. The van der Waals surface area contributed by atoms with Crippen molar-refractivity contribution in [3.8, 4) is 0 Å². The van der Waals surface area contributed by atoms with Crippen molar-refractivity contribution < 1.29 is 18.0 Å². The van der Waals surface area contributed by atoms with E-state index in [1.54, 1.807) is 13.8 Å². The van der Waals surface area contributed by atoms with E-state index in [0.29, 0.717) is 0 Å². The van der Waals surface area contributed by atoms with Crippen molar-refractivity contribution in [1.29, 1.82) is 5.41 Å². The number of hydrogen-bond acceptors (Lipinski definition) is 6. The summed E-state index contributed by atoms with van der Waals surface area (Å²) in [5.74, 6) is -0.471. The highest BCUT2D eigenvalue weighted by atomic mass is 32.1. The molecule has 0 atom stereocenters. The SMILES string of the molecule is Cc1cccc(NC(C)(C)C(=O)Nc2nc3c(C(F)(F)F)cc(N)c(C=N)c3s2)c1. The maximum Gasteiger partial charge on any atom is 0.418 e. The molecule has 0 unspecified atom stereocenters. The maximum atomic E-state index is 13.4. The summed E-state index contributed by atoms with van der Waals surface area (Å²) in [6.07, 6.45) is -3.79. The van der Waals surface area contributed by atoms with Crippen molar-refractivity contribution in [3.63, 3.8) is 0 Å². The van der Waals surface area contributed by atoms with Gasteiger partial charge in [0.25, 0.3) is 5.91 Å². The van der Waals surface area contributed by atoms with Crippen molar-refractivity contribution in [1.82, 2.24) is 4.98 Å². The number of carbonyl (C=O) groups is 1. The molecule has 30 heavy (non-hydrogen) atoms. The summed E-state index contributed by atoms with van der Waals surface area (Å²) in [4.78, 5) is 16.8. The van der Waals surface area contributed by atoms with Crippen LogP contribution in [0.3, 0.4) is 0 Å². The van der Waals surface area contributed by atoms with E-state index in [2.05, 4.69) is 15.6 Å². The fraction of sp³-hybridized carbons (Fsp3) is 0.250. The Bertz CT molecular complexity index is 1140. The van der Waals surface area contributed by atoms with Gasteiger partial charge < -0.3 is 16.5 Å². The minimum atomic E-state index is -4.67. The van der Waals surface area contributed by atoms with Gasteiger partial charge in [-0.25, -0.2) is 4.98 Å². The molecule has 3 aromatic rings. The molecule has 0 radical (unpaired) electrons. The number of carbonyl (C=O) groups excluding carboxylic acids is 1. The second-order valence-corrected chi connectivity index (χ2v) is 8.34. The highest BCUT2D eigenvalue weighted by molar-refractivity contribution is 7.22. The molecule has 0 aliphatic heterocycles. The molecule has 1 aromatic heterocycles. The molecule has 0 aliphatic carbocycles. The van der Waals surface area contributed by atoms with E-state index in [-0.39, 0.29) is 26.6 Å². The van der Waals surface area contributed by atoms with Gasteiger partial charge >= 0.3 is 6.18 Å². The molecule has 0 bridgehead atoms. The molecular formula is C20H20F3N5OS. The number of nitrogens with one attached hydrogen (secondary N) is 3. The van der Waals surface area contributed by atoms with Crippen molar-refractivity contribution in [2.24, 2.45) is 0 Å². The van der Waals surface area contributed by atoms with Crippen LogP contribution in [0.1, 0.15) is 30.5 Å². The van der Waals surface area contributed by atoms with Gasteiger partial charge in [0.15, 0.2) is 5.13 Å². The first-order chi connectivity index (χ1) is 13.9. The lowest BCUT2D eigenvalue weighted by Gasteiger charge is -2.26. The Morgan fingerprint density at radius 3 is 2.57 bits per heavy atom. The molecule has 0 aliphatic rings. The zero-order chi connectivity index (χ0) is 22.3. The van der Waals surface area contributed by atoms with Crippen LogP contribution in [0.4, 0.5) is 29.7 Å². The summed E-state index contributed by atoms with van der Waals surface area (Å²) in [5, 5.41) is 13.2. The van der Waals surface area contributed by atoms with Crippen LogP contribution in [-0.2, 0) is 11.0 Å². The third-order valence-electron chi connectivity index (χ3n) is 4.45. The number of benzene rings is 2. The van der Waals surface area contributed by atoms with Crippen LogP contribution in [0.15, 0.2) is 30.3 Å². The summed E-state index contributed by atoms with van der Waals surface area (Å²) in [7, 11) is 0. The monoisotopic (exact) mass is 435 g/mol. The van der Waals surface area contributed by atoms with E-state index in [9.17, 15) is 18.0 Å². The van der Waals surface area contributed by atoms with Gasteiger partial charge in [-0.1, -0.05) is 23.5 Å². The molecule has 6 nitrogen and oxygen atoms in total. The van der Waals surface area contributed by atoms with Gasteiger partial charge in [-0.2, -0.15) is 13.2 Å². The van der Waals surface area contributed by atoms with Gasteiger partial charge in [0.2, 0.25) is 0 Å². The molecule has 2 aromatic carbocycles. The number of fused-ring (bicyclic) bond motifs is 1. The average molecular weight is 435 g/mol. The van der Waals surface area contributed by atoms with Gasteiger partial charge in [-0.3, -0.25) is 10.1 Å². The Balaban J connectivity index is 1.95. The first-order valence-electron chi connectivity index (χ1n) is 8.89. The lowest BCUT2D eigenvalue weighted by molar-refractivity contribution is -0.136. The van der Waals surface area contributed by atoms with Crippen molar-refractivity contribution in [2.45, 2.75) is 32.5 Å². The number of rotatable bonds is 5. The molecule has 5 N–H and O–H groups in total. The van der Waals surface area contributed by atoms with E-state index in [1.165, 1.54) is 0 Å². The molecule has 1 amide bonds. The van der Waals surface area contributed by atoms with Gasteiger partial charge in [0, 0.05) is 23.2 Å². The Morgan fingerprint density at radius 2 is 1.97 bits per heavy atom. The second-order valence-electron chi connectivity index (χ2n) is 7.34. The maximum absolute atomic E-state index is 13.4. The highest BCUT2D eigenvalue weighted by Crippen LogP contribution is 2.41. The number of hydrogen-bond donors (Lipinski definition) is 4. The number of halogens is 3. The fourth-order valence-electron chi connectivity index (χ4n) is 2.93. The van der Waals surface area contributed by atoms with E-state index in [1.807, 2.05) is 31.2 Å². The molecule has 0 fully saturated rings. The number of nitrogens with two attached hydrogens (primary N) is 1. The summed E-state index contributed by atoms with van der Waals surface area (Å²) in [6, 6.07) is 8.22. The summed E-state index contributed by atoms with van der Waals surface area (Å²) in [5.41, 5.74) is 4.99. The molecule has 158 valence electrons. The predicted molar refractivity (Wildman–Crippen MR) is 114 cm³/mol. The summed E-state index contributed by atoms with van der Waals surface area (Å²) < 4.78 is 40.4. The number of nitrogens with zero attached hydrogens (tertiary/aromatic N) is 1. The first-order valence-corrected chi connectivity index (χ1v) is 9.71. The number of thiazole rings is 1. The lowest BCUT2D eigenvalue weighted by Crippen LogP contribution is -2.44. The Hall–Kier alpha value is -3.14. The largest absolute Gasteiger partial charge is 0.418 e. The summed E-state index contributed by atoms with van der Waals surface area (Å²) >= 11 is 0.844. The smallest absolute Gasteiger partial charge is 0.398 e. The molecule has 10 heteroatoms. The quantitative estimate of drug-likeness (QED) is 0.333. The fourth-order valence-corrected chi connectivity index (χ4v) is 3.94. The Labute approximate surface area is 174 Å². The van der Waals surface area contributed by atoms with E-state index in [4.69, 9.17) is 11.1 Å². The number of nitrogen functional groups attached to an aromatic ring is 1. The number of anilines is 3. The lowest BCUT2D eigenvalue weighted by atomic mass is 10.0. The van der Waals surface area contributed by atoms with Gasteiger partial charge in [0.1, 0.15) is 5.54 Å². The minimum Gasteiger partial charge on any atom is -0.398 e. The van der Waals surface area contributed by atoms with E-state index >= 15 is 0 Å². The summed E-state index contributed by atoms with van der Waals surface area (Å²) in [6.45, 7) is 5.23. The predicted octanol–water partition coefficient (Wildman–Crippen LogP) is 5.03. The zero-order valence-electron chi connectivity index (χ0n) is 16.4. The second kappa shape index (κ2) is 7.60. The van der Waals surface area contributed by atoms with Crippen LogP contribution in [0.5, 0.6) is 0 Å². The van der Waals surface area contributed by atoms with Crippen LogP contribution in [-0.4, -0.2) is 22.6 Å². The molecule has 0 saturated heterocycles. The van der Waals surface area contributed by atoms with Gasteiger partial charge in [-0.15, -0.1) is 0 Å². The molecule has 0 spiro atoms. The number of alkyl halides is 3. The van der Waals surface area contributed by atoms with Crippen LogP contribution in [0.2, 0.25) is 0 Å². The van der Waals surface area contributed by atoms with Crippen LogP contribution >= 0.6 is 11.3 Å². The van der Waals surface area contributed by atoms with Crippen molar-refractivity contribution in [3.05, 3.63) is 47.0 Å². The number of aromatic nitrogens is 1. The average Bonchev–Trinajstić information content (AvgIpc) is 3.02. The molecular weight excluding hydrogens is 415 g/mol. The third kappa shape index (κ3) is 4.23. The number of aryl methyl sites for hydroxylation is 1. The number of amides is 1. The van der Waals surface area contributed by atoms with Crippen molar-refractivity contribution in [2.75, 3.05) is 16.4 Å². The topological polar surface area (TPSA) is 104 Å². The third-order valence-corrected chi connectivity index (χ3v) is 5.45. The molecule has 3 rings (SSSR count). The zero-order valence-corrected chi connectivity index (χ0v) is 17.3. The van der Waals surface area contributed by atoms with E-state index < -0.39 is 23.2 Å². The molecule has 0 saturated carbocycles. The minimum absolute atomic E-state index is 0.00619. The van der Waals surface area contributed by atoms with Crippen LogP contribution < -0.4 is 16.4 Å².